The van der Waals surface area contributed by atoms with Crippen LogP contribution in [0.4, 0.5) is 5.69 Å². The quantitative estimate of drug-likeness (QED) is 0.761. The van der Waals surface area contributed by atoms with E-state index in [-0.39, 0.29) is 11.4 Å². The van der Waals surface area contributed by atoms with E-state index in [2.05, 4.69) is 31.0 Å². The minimum Gasteiger partial charge on any atom is -0.389 e. The summed E-state index contributed by atoms with van der Waals surface area (Å²) in [6, 6.07) is 7.28. The highest BCUT2D eigenvalue weighted by Crippen LogP contribution is 2.17. The average Bonchev–Trinajstić information content (AvgIpc) is 2.44. The molecule has 1 rings (SSSR count). The van der Waals surface area contributed by atoms with Gasteiger partial charge in [-0.1, -0.05) is 31.3 Å². The highest BCUT2D eigenvalue weighted by atomic mass is 32.1. The fourth-order valence-corrected chi connectivity index (χ4v) is 1.94. The summed E-state index contributed by atoms with van der Waals surface area (Å²) in [4.78, 5) is 14.5. The average molecular weight is 307 g/mol. The van der Waals surface area contributed by atoms with Gasteiger partial charge < -0.3 is 16.0 Å². The summed E-state index contributed by atoms with van der Waals surface area (Å²) in [7, 11) is 2.05. The molecule has 1 amide bonds. The third-order valence-electron chi connectivity index (χ3n) is 4.00. The molecule has 0 spiro atoms. The first-order chi connectivity index (χ1) is 9.76. The number of carbonyl (C=O) groups is 1. The smallest absolute Gasteiger partial charge is 0.225 e. The third-order valence-corrected chi connectivity index (χ3v) is 4.24. The van der Waals surface area contributed by atoms with Crippen LogP contribution >= 0.6 is 12.2 Å². The van der Waals surface area contributed by atoms with Crippen molar-refractivity contribution < 1.29 is 4.79 Å². The van der Waals surface area contributed by atoms with E-state index in [0.29, 0.717) is 11.4 Å². The number of nitrogens with one attached hydrogen (secondary N) is 1. The molecule has 0 radical (unpaired) electrons. The van der Waals surface area contributed by atoms with E-state index in [1.165, 1.54) is 0 Å². The predicted molar refractivity (Wildman–Crippen MR) is 92.6 cm³/mol. The van der Waals surface area contributed by atoms with Crippen molar-refractivity contribution in [2.24, 2.45) is 5.73 Å². The first-order valence-corrected chi connectivity index (χ1v) is 7.58. The summed E-state index contributed by atoms with van der Waals surface area (Å²) in [5.74, 6) is -0.00570. The predicted octanol–water partition coefficient (Wildman–Crippen LogP) is 2.77. The molecule has 0 aliphatic heterocycles. The van der Waals surface area contributed by atoms with Crippen molar-refractivity contribution in [2.45, 2.75) is 39.2 Å². The number of nitrogens with two attached hydrogens (primary N) is 1. The van der Waals surface area contributed by atoms with E-state index < -0.39 is 0 Å². The molecule has 0 heterocycles. The van der Waals surface area contributed by atoms with Gasteiger partial charge in [-0.05, 0) is 39.4 Å². The molecular weight excluding hydrogens is 282 g/mol. The molecule has 0 bridgehead atoms. The van der Waals surface area contributed by atoms with Gasteiger partial charge in [-0.3, -0.25) is 4.79 Å². The number of hydrogen-bond donors (Lipinski definition) is 2. The van der Waals surface area contributed by atoms with Crippen LogP contribution in [0, 0.1) is 0 Å². The Morgan fingerprint density at radius 3 is 2.67 bits per heavy atom. The molecule has 0 aromatic heterocycles. The van der Waals surface area contributed by atoms with Crippen LogP contribution < -0.4 is 11.1 Å². The van der Waals surface area contributed by atoms with Gasteiger partial charge in [0.2, 0.25) is 5.91 Å². The van der Waals surface area contributed by atoms with Crippen LogP contribution in [0.25, 0.3) is 0 Å². The summed E-state index contributed by atoms with van der Waals surface area (Å²) < 4.78 is 0. The van der Waals surface area contributed by atoms with Crippen molar-refractivity contribution in [1.29, 1.82) is 0 Å². The van der Waals surface area contributed by atoms with Crippen molar-refractivity contribution in [3.8, 4) is 0 Å². The molecule has 0 unspecified atom stereocenters. The van der Waals surface area contributed by atoms with Crippen LogP contribution in [0.1, 0.15) is 39.2 Å². The lowest BCUT2D eigenvalue weighted by atomic mass is 10.00. The van der Waals surface area contributed by atoms with Crippen LogP contribution in [0.15, 0.2) is 24.3 Å². The molecule has 0 aliphatic rings. The van der Waals surface area contributed by atoms with Crippen LogP contribution in [-0.4, -0.2) is 34.9 Å². The largest absolute Gasteiger partial charge is 0.389 e. The molecule has 3 N–H and O–H groups in total. The third kappa shape index (κ3) is 5.44. The Balaban J connectivity index is 2.55. The Labute approximate surface area is 132 Å². The number of thiocarbonyl (C=S) groups is 1. The van der Waals surface area contributed by atoms with Gasteiger partial charge in [0.25, 0.3) is 0 Å². The summed E-state index contributed by atoms with van der Waals surface area (Å²) in [5, 5.41) is 2.88. The van der Waals surface area contributed by atoms with Gasteiger partial charge in [0.15, 0.2) is 0 Å². The van der Waals surface area contributed by atoms with Crippen LogP contribution in [0.5, 0.6) is 0 Å². The van der Waals surface area contributed by atoms with Crippen molar-refractivity contribution in [3.05, 3.63) is 29.8 Å². The van der Waals surface area contributed by atoms with Gasteiger partial charge in [0.05, 0.1) is 0 Å². The number of anilines is 1. The summed E-state index contributed by atoms with van der Waals surface area (Å²) in [5.41, 5.74) is 7.17. The van der Waals surface area contributed by atoms with Crippen LogP contribution in [0.2, 0.25) is 0 Å². The molecule has 0 fully saturated rings. The Morgan fingerprint density at radius 1 is 1.43 bits per heavy atom. The van der Waals surface area contributed by atoms with E-state index >= 15 is 0 Å². The fraction of sp³-hybridized carbons (Fsp3) is 0.500. The number of hydrogen-bond acceptors (Lipinski definition) is 3. The van der Waals surface area contributed by atoms with E-state index in [1.807, 2.05) is 25.2 Å². The number of carbonyl (C=O) groups excluding carboxylic acids is 1. The summed E-state index contributed by atoms with van der Waals surface area (Å²) >= 11 is 4.93. The maximum absolute atomic E-state index is 12.0. The molecule has 1 aromatic carbocycles. The van der Waals surface area contributed by atoms with Gasteiger partial charge >= 0.3 is 0 Å². The Morgan fingerprint density at radius 2 is 2.10 bits per heavy atom. The second kappa shape index (κ2) is 7.52. The SMILES string of the molecule is CCC(C)(C)N(C)CCC(=O)Nc1cccc(C(N)=S)c1. The van der Waals surface area contributed by atoms with Crippen LogP contribution in [0.3, 0.4) is 0 Å². The zero-order chi connectivity index (χ0) is 16.0. The fourth-order valence-electron chi connectivity index (χ4n) is 1.82. The van der Waals surface area contributed by atoms with E-state index in [0.717, 1.165) is 24.2 Å². The summed E-state index contributed by atoms with van der Waals surface area (Å²) in [6.45, 7) is 7.23. The molecular formula is C16H25N3OS. The standard InChI is InChI=1S/C16H25N3OS/c1-5-16(2,3)19(4)10-9-14(20)18-13-8-6-7-12(11-13)15(17)21/h6-8,11H,5,9-10H2,1-4H3,(H2,17,21)(H,18,20). The Hall–Kier alpha value is -1.46. The number of amides is 1. The first kappa shape index (κ1) is 17.6. The van der Waals surface area contributed by atoms with Crippen molar-refractivity contribution >= 4 is 28.8 Å². The van der Waals surface area contributed by atoms with Gasteiger partial charge in [-0.2, -0.15) is 0 Å². The minimum absolute atomic E-state index is 0.00570. The lowest BCUT2D eigenvalue weighted by Gasteiger charge is -2.34. The maximum atomic E-state index is 12.0. The highest BCUT2D eigenvalue weighted by molar-refractivity contribution is 7.80. The topological polar surface area (TPSA) is 58.4 Å². The molecule has 0 saturated heterocycles. The number of rotatable bonds is 7. The lowest BCUT2D eigenvalue weighted by Crippen LogP contribution is -2.41. The Kier molecular flexibility index (Phi) is 6.30. The lowest BCUT2D eigenvalue weighted by molar-refractivity contribution is -0.116. The zero-order valence-corrected chi connectivity index (χ0v) is 14.1. The van der Waals surface area contributed by atoms with E-state index in [1.54, 1.807) is 6.07 Å². The van der Waals surface area contributed by atoms with Gasteiger partial charge in [-0.25, -0.2) is 0 Å². The zero-order valence-electron chi connectivity index (χ0n) is 13.3. The molecule has 5 heteroatoms. The monoisotopic (exact) mass is 307 g/mol. The normalized spacial score (nSPS) is 11.5. The van der Waals surface area contributed by atoms with Gasteiger partial charge in [-0.15, -0.1) is 0 Å². The van der Waals surface area contributed by atoms with Gasteiger partial charge in [0.1, 0.15) is 4.99 Å². The molecule has 21 heavy (non-hydrogen) atoms. The second-order valence-corrected chi connectivity index (χ2v) is 6.27. The maximum Gasteiger partial charge on any atom is 0.225 e. The van der Waals surface area contributed by atoms with Crippen molar-refractivity contribution in [1.82, 2.24) is 4.90 Å². The minimum atomic E-state index is -0.00570. The second-order valence-electron chi connectivity index (χ2n) is 5.83. The molecule has 0 saturated carbocycles. The molecule has 4 nitrogen and oxygen atoms in total. The summed E-state index contributed by atoms with van der Waals surface area (Å²) in [6.07, 6.45) is 1.50. The molecule has 116 valence electrons. The molecule has 0 aliphatic carbocycles. The Bertz CT molecular complexity index is 514. The number of nitrogens with zero attached hydrogens (tertiary/aromatic N) is 1. The van der Waals surface area contributed by atoms with Crippen LogP contribution in [-0.2, 0) is 4.79 Å². The molecule has 0 atom stereocenters. The van der Waals surface area contributed by atoms with E-state index in [4.69, 9.17) is 18.0 Å². The van der Waals surface area contributed by atoms with Crippen molar-refractivity contribution in [3.63, 3.8) is 0 Å². The first-order valence-electron chi connectivity index (χ1n) is 7.17. The van der Waals surface area contributed by atoms with Gasteiger partial charge in [0, 0.05) is 29.8 Å². The number of benzene rings is 1. The molecule has 1 aromatic rings. The van der Waals surface area contributed by atoms with Crippen molar-refractivity contribution in [2.75, 3.05) is 18.9 Å². The highest BCUT2D eigenvalue weighted by Gasteiger charge is 2.21. The van der Waals surface area contributed by atoms with E-state index in [9.17, 15) is 4.79 Å².